The van der Waals surface area contributed by atoms with Crippen LogP contribution in [0.15, 0.2) is 30.3 Å². The van der Waals surface area contributed by atoms with E-state index in [9.17, 15) is 9.59 Å². The number of benzene rings is 1. The average Bonchev–Trinajstić information content (AvgIpc) is 3.23. The van der Waals surface area contributed by atoms with Gasteiger partial charge in [0.15, 0.2) is 0 Å². The van der Waals surface area contributed by atoms with Crippen molar-refractivity contribution in [1.82, 2.24) is 4.90 Å². The highest BCUT2D eigenvalue weighted by molar-refractivity contribution is 6.06. The number of amides is 2. The minimum atomic E-state index is -0.0750. The summed E-state index contributed by atoms with van der Waals surface area (Å²) < 4.78 is 5.05. The van der Waals surface area contributed by atoms with Crippen LogP contribution in [0.25, 0.3) is 0 Å². The van der Waals surface area contributed by atoms with Crippen LogP contribution in [0.5, 0.6) is 0 Å². The summed E-state index contributed by atoms with van der Waals surface area (Å²) in [6.07, 6.45) is 2.82. The summed E-state index contributed by atoms with van der Waals surface area (Å²) in [5, 5.41) is 0. The highest BCUT2D eigenvalue weighted by Crippen LogP contribution is 2.61. The molecule has 1 aromatic rings. The Kier molecular flexibility index (Phi) is 3.72. The zero-order chi connectivity index (χ0) is 16.0. The number of carbonyl (C=O) groups excluding carboxylic acids is 2. The quantitative estimate of drug-likeness (QED) is 0.619. The molecule has 4 nitrogen and oxygen atoms in total. The van der Waals surface area contributed by atoms with Gasteiger partial charge in [0.25, 0.3) is 0 Å². The second kappa shape index (κ2) is 5.75. The average molecular weight is 313 g/mol. The highest BCUT2D eigenvalue weighted by Gasteiger charge is 2.63. The normalized spacial score (nSPS) is 35.2. The molecular formula is C19H23NO3. The maximum absolute atomic E-state index is 12.8. The highest BCUT2D eigenvalue weighted by atomic mass is 16.5. The molecule has 5 atom stereocenters. The summed E-state index contributed by atoms with van der Waals surface area (Å²) in [4.78, 5) is 27.0. The third-order valence-corrected chi connectivity index (χ3v) is 6.06. The number of methoxy groups -OCH3 is 1. The largest absolute Gasteiger partial charge is 0.385 e. The molecule has 5 unspecified atom stereocenters. The van der Waals surface area contributed by atoms with Crippen molar-refractivity contribution in [3.05, 3.63) is 35.9 Å². The lowest BCUT2D eigenvalue weighted by Crippen LogP contribution is -2.34. The van der Waals surface area contributed by atoms with Crippen molar-refractivity contribution in [2.24, 2.45) is 23.7 Å². The first-order valence-corrected chi connectivity index (χ1v) is 8.61. The van der Waals surface area contributed by atoms with Crippen molar-refractivity contribution in [3.8, 4) is 0 Å². The summed E-state index contributed by atoms with van der Waals surface area (Å²) in [5.41, 5.74) is 1.33. The van der Waals surface area contributed by atoms with E-state index < -0.39 is 0 Å². The number of rotatable bonds is 5. The molecule has 4 rings (SSSR count). The molecule has 2 amide bonds. The third-order valence-electron chi connectivity index (χ3n) is 6.06. The summed E-state index contributed by atoms with van der Waals surface area (Å²) >= 11 is 0. The third kappa shape index (κ3) is 2.23. The Hall–Kier alpha value is -1.68. The van der Waals surface area contributed by atoms with Gasteiger partial charge in [-0.1, -0.05) is 30.3 Å². The van der Waals surface area contributed by atoms with E-state index in [-0.39, 0.29) is 23.7 Å². The van der Waals surface area contributed by atoms with Crippen LogP contribution in [0.2, 0.25) is 0 Å². The number of hydrogen-bond acceptors (Lipinski definition) is 3. The van der Waals surface area contributed by atoms with Gasteiger partial charge in [-0.3, -0.25) is 14.5 Å². The smallest absolute Gasteiger partial charge is 0.233 e. The number of nitrogens with zero attached hydrogens (tertiary/aromatic N) is 1. The number of imide groups is 1. The van der Waals surface area contributed by atoms with E-state index in [0.717, 1.165) is 19.3 Å². The first-order chi connectivity index (χ1) is 11.2. The molecule has 3 fully saturated rings. The van der Waals surface area contributed by atoms with Crippen molar-refractivity contribution < 1.29 is 14.3 Å². The Labute approximate surface area is 136 Å². The van der Waals surface area contributed by atoms with Gasteiger partial charge in [-0.25, -0.2) is 0 Å². The molecule has 2 aliphatic carbocycles. The molecular weight excluding hydrogens is 290 g/mol. The zero-order valence-electron chi connectivity index (χ0n) is 13.5. The fraction of sp³-hybridized carbons (Fsp3) is 0.579. The predicted molar refractivity (Wildman–Crippen MR) is 85.6 cm³/mol. The molecule has 0 N–H and O–H groups in total. The van der Waals surface area contributed by atoms with Crippen LogP contribution in [-0.4, -0.2) is 37.0 Å². The predicted octanol–water partition coefficient (Wildman–Crippen LogP) is 2.45. The van der Waals surface area contributed by atoms with Crippen LogP contribution >= 0.6 is 0 Å². The lowest BCUT2D eigenvalue weighted by molar-refractivity contribution is -0.140. The summed E-state index contributed by atoms with van der Waals surface area (Å²) in [5.74, 6) is 1.21. The van der Waals surface area contributed by atoms with Crippen molar-refractivity contribution in [2.75, 3.05) is 20.3 Å². The van der Waals surface area contributed by atoms with Gasteiger partial charge in [-0.2, -0.15) is 0 Å². The van der Waals surface area contributed by atoms with Gasteiger partial charge >= 0.3 is 0 Å². The molecule has 1 heterocycles. The number of carbonyl (C=O) groups is 2. The van der Waals surface area contributed by atoms with E-state index in [1.165, 1.54) is 10.5 Å². The molecule has 2 bridgehead atoms. The standard InChI is InChI=1S/C19H23NO3/c1-23-9-5-8-20-18(21)16-13-10-14(12-6-3-2-4-7-12)15(11-13)17(16)19(20)22/h2-4,6-7,13-17H,5,8-11H2,1H3. The molecule has 2 saturated carbocycles. The number of ether oxygens (including phenoxy) is 1. The van der Waals surface area contributed by atoms with E-state index >= 15 is 0 Å². The Bertz CT molecular complexity index is 614. The van der Waals surface area contributed by atoms with Crippen molar-refractivity contribution in [1.29, 1.82) is 0 Å². The monoisotopic (exact) mass is 313 g/mol. The molecule has 3 aliphatic rings. The lowest BCUT2D eigenvalue weighted by Gasteiger charge is -2.28. The van der Waals surface area contributed by atoms with Gasteiger partial charge in [-0.15, -0.1) is 0 Å². The van der Waals surface area contributed by atoms with Crippen LogP contribution in [0.3, 0.4) is 0 Å². The number of hydrogen-bond donors (Lipinski definition) is 0. The SMILES string of the molecule is COCCCN1C(=O)C2C3CC(c4ccccc4)C(C3)C2C1=O. The maximum Gasteiger partial charge on any atom is 0.233 e. The minimum absolute atomic E-state index is 0.0463. The molecule has 4 heteroatoms. The van der Waals surface area contributed by atoms with Gasteiger partial charge in [0.2, 0.25) is 11.8 Å². The fourth-order valence-electron chi connectivity index (χ4n) is 5.19. The van der Waals surface area contributed by atoms with E-state index in [0.29, 0.717) is 30.9 Å². The van der Waals surface area contributed by atoms with Crippen LogP contribution in [0.1, 0.15) is 30.7 Å². The van der Waals surface area contributed by atoms with E-state index in [4.69, 9.17) is 4.74 Å². The van der Waals surface area contributed by atoms with Crippen LogP contribution in [-0.2, 0) is 14.3 Å². The summed E-state index contributed by atoms with van der Waals surface area (Å²) in [6, 6.07) is 10.5. The topological polar surface area (TPSA) is 46.6 Å². The van der Waals surface area contributed by atoms with Gasteiger partial charge in [0.1, 0.15) is 0 Å². The molecule has 1 saturated heterocycles. The molecule has 1 aliphatic heterocycles. The second-order valence-electron chi connectivity index (χ2n) is 7.14. The lowest BCUT2D eigenvalue weighted by atomic mass is 9.73. The Morgan fingerprint density at radius 3 is 2.57 bits per heavy atom. The Balaban J connectivity index is 1.54. The molecule has 1 aromatic carbocycles. The van der Waals surface area contributed by atoms with E-state index in [1.807, 2.05) is 6.07 Å². The molecule has 23 heavy (non-hydrogen) atoms. The van der Waals surface area contributed by atoms with Gasteiger partial charge in [0.05, 0.1) is 11.8 Å². The van der Waals surface area contributed by atoms with Crippen LogP contribution in [0, 0.1) is 23.7 Å². The first kappa shape index (κ1) is 14.9. The van der Waals surface area contributed by atoms with Crippen molar-refractivity contribution in [2.45, 2.75) is 25.2 Å². The van der Waals surface area contributed by atoms with Crippen molar-refractivity contribution in [3.63, 3.8) is 0 Å². The maximum atomic E-state index is 12.8. The molecule has 0 aromatic heterocycles. The number of likely N-dealkylation sites (tertiary alicyclic amines) is 1. The molecule has 0 radical (unpaired) electrons. The zero-order valence-corrected chi connectivity index (χ0v) is 13.5. The van der Waals surface area contributed by atoms with E-state index in [1.54, 1.807) is 7.11 Å². The van der Waals surface area contributed by atoms with Gasteiger partial charge in [-0.05, 0) is 42.6 Å². The Morgan fingerprint density at radius 2 is 1.83 bits per heavy atom. The summed E-state index contributed by atoms with van der Waals surface area (Å²) in [6.45, 7) is 1.10. The van der Waals surface area contributed by atoms with Gasteiger partial charge in [0, 0.05) is 20.3 Å². The first-order valence-electron chi connectivity index (χ1n) is 8.61. The second-order valence-corrected chi connectivity index (χ2v) is 7.14. The van der Waals surface area contributed by atoms with E-state index in [2.05, 4.69) is 24.3 Å². The molecule has 122 valence electrons. The summed E-state index contributed by atoms with van der Waals surface area (Å²) in [7, 11) is 1.65. The fourth-order valence-corrected chi connectivity index (χ4v) is 5.19. The van der Waals surface area contributed by atoms with Gasteiger partial charge < -0.3 is 4.74 Å². The Morgan fingerprint density at radius 1 is 1.09 bits per heavy atom. The molecule has 0 spiro atoms. The number of fused-ring (bicyclic) bond motifs is 5. The van der Waals surface area contributed by atoms with Crippen LogP contribution < -0.4 is 0 Å². The van der Waals surface area contributed by atoms with Crippen molar-refractivity contribution >= 4 is 11.8 Å². The minimum Gasteiger partial charge on any atom is -0.385 e. The van der Waals surface area contributed by atoms with Crippen LogP contribution in [0.4, 0.5) is 0 Å².